The van der Waals surface area contributed by atoms with Crippen LogP contribution in [-0.2, 0) is 4.79 Å². The van der Waals surface area contributed by atoms with Crippen molar-refractivity contribution in [2.24, 2.45) is 0 Å². The number of anilines is 1. The number of likely N-dealkylation sites (N-methyl/N-ethyl adjacent to an activating group) is 1. The molecule has 0 bridgehead atoms. The smallest absolute Gasteiger partial charge is 0.240 e. The first kappa shape index (κ1) is 21.0. The van der Waals surface area contributed by atoms with Gasteiger partial charge in [-0.1, -0.05) is 0 Å². The Hall–Kier alpha value is -3.23. The third-order valence-electron chi connectivity index (χ3n) is 5.22. The average Bonchev–Trinajstić information content (AvgIpc) is 2.76. The van der Waals surface area contributed by atoms with E-state index in [4.69, 9.17) is 0 Å². The van der Waals surface area contributed by atoms with Crippen LogP contribution in [0.5, 0.6) is 0 Å². The lowest BCUT2D eigenvalue weighted by atomic mass is 10.1. The van der Waals surface area contributed by atoms with Crippen LogP contribution in [0.25, 0.3) is 22.5 Å². The lowest BCUT2D eigenvalue weighted by molar-refractivity contribution is -0.117. The number of aromatic nitrogens is 2. The molecule has 2 aromatic carbocycles. The molecule has 1 N–H and O–H groups in total. The van der Waals surface area contributed by atoms with E-state index in [1.807, 2.05) is 0 Å². The summed E-state index contributed by atoms with van der Waals surface area (Å²) in [6.07, 6.45) is 0. The van der Waals surface area contributed by atoms with Crippen molar-refractivity contribution in [3.05, 3.63) is 66.2 Å². The summed E-state index contributed by atoms with van der Waals surface area (Å²) < 4.78 is 26.7. The lowest BCUT2D eigenvalue weighted by Gasteiger charge is -2.31. The van der Waals surface area contributed by atoms with Crippen LogP contribution < -0.4 is 5.32 Å². The molecule has 1 aliphatic rings. The number of carbonyl (C=O) groups is 1. The zero-order chi connectivity index (χ0) is 21.8. The molecule has 1 aliphatic heterocycles. The quantitative estimate of drug-likeness (QED) is 0.683. The number of amides is 1. The summed E-state index contributed by atoms with van der Waals surface area (Å²) in [6, 6.07) is 13.6. The Morgan fingerprint density at radius 1 is 0.871 bits per heavy atom. The van der Waals surface area contributed by atoms with Crippen molar-refractivity contribution in [3.8, 4) is 22.5 Å². The highest BCUT2D eigenvalue weighted by Gasteiger charge is 2.18. The fourth-order valence-corrected chi connectivity index (χ4v) is 3.41. The number of nitrogens with zero attached hydrogens (tertiary/aromatic N) is 4. The molecule has 1 aromatic heterocycles. The van der Waals surface area contributed by atoms with Crippen LogP contribution in [-0.4, -0.2) is 65.4 Å². The monoisotopic (exact) mass is 423 g/mol. The topological polar surface area (TPSA) is 61.4 Å². The summed E-state index contributed by atoms with van der Waals surface area (Å²) in [5.74, 6) is -0.749. The summed E-state index contributed by atoms with van der Waals surface area (Å²) in [4.78, 5) is 25.8. The number of hydrogen-bond acceptors (Lipinski definition) is 5. The maximum atomic E-state index is 13.3. The molecule has 3 aromatic rings. The highest BCUT2D eigenvalue weighted by molar-refractivity contribution is 5.91. The van der Waals surface area contributed by atoms with Gasteiger partial charge in [0, 0.05) is 37.3 Å². The van der Waals surface area contributed by atoms with Crippen LogP contribution in [0.15, 0.2) is 54.6 Å². The first-order chi connectivity index (χ1) is 15.0. The van der Waals surface area contributed by atoms with Crippen molar-refractivity contribution in [3.63, 3.8) is 0 Å². The SMILES string of the molecule is CN1CCN(CC(=O)Nc2nc(-c3ccc(F)cc3)cc(-c3ccc(F)cc3)n2)CC1. The van der Waals surface area contributed by atoms with Crippen molar-refractivity contribution in [1.82, 2.24) is 19.8 Å². The largest absolute Gasteiger partial charge is 0.304 e. The molecular weight excluding hydrogens is 400 g/mol. The second-order valence-corrected chi connectivity index (χ2v) is 7.60. The van der Waals surface area contributed by atoms with E-state index in [0.29, 0.717) is 22.5 Å². The molecule has 1 amide bonds. The second kappa shape index (κ2) is 9.28. The highest BCUT2D eigenvalue weighted by Crippen LogP contribution is 2.25. The van der Waals surface area contributed by atoms with Crippen LogP contribution in [0.3, 0.4) is 0 Å². The van der Waals surface area contributed by atoms with Gasteiger partial charge < -0.3 is 4.90 Å². The molecule has 6 nitrogen and oxygen atoms in total. The molecule has 0 atom stereocenters. The van der Waals surface area contributed by atoms with Gasteiger partial charge in [-0.3, -0.25) is 15.0 Å². The van der Waals surface area contributed by atoms with Crippen molar-refractivity contribution < 1.29 is 13.6 Å². The number of nitrogens with one attached hydrogen (secondary N) is 1. The van der Waals surface area contributed by atoms with E-state index in [9.17, 15) is 13.6 Å². The molecule has 0 unspecified atom stereocenters. The fourth-order valence-electron chi connectivity index (χ4n) is 3.41. The van der Waals surface area contributed by atoms with Crippen molar-refractivity contribution in [2.75, 3.05) is 45.1 Å². The van der Waals surface area contributed by atoms with Crippen LogP contribution in [0.4, 0.5) is 14.7 Å². The standard InChI is InChI=1S/C23H23F2N5O/c1-29-10-12-30(13-11-29)15-22(31)28-23-26-20(16-2-6-18(24)7-3-16)14-21(27-23)17-4-8-19(25)9-5-17/h2-9,14H,10-13,15H2,1H3,(H,26,27,28,31). The van der Waals surface area contributed by atoms with Crippen LogP contribution in [0.2, 0.25) is 0 Å². The van der Waals surface area contributed by atoms with Crippen LogP contribution in [0.1, 0.15) is 0 Å². The number of halogens is 2. The van der Waals surface area contributed by atoms with Gasteiger partial charge in [-0.15, -0.1) is 0 Å². The van der Waals surface area contributed by atoms with Gasteiger partial charge in [0.15, 0.2) is 0 Å². The van der Waals surface area contributed by atoms with Crippen LogP contribution >= 0.6 is 0 Å². The summed E-state index contributed by atoms with van der Waals surface area (Å²) in [7, 11) is 2.06. The minimum atomic E-state index is -0.350. The molecule has 0 aliphatic carbocycles. The highest BCUT2D eigenvalue weighted by atomic mass is 19.1. The van der Waals surface area contributed by atoms with Crippen molar-refractivity contribution in [2.45, 2.75) is 0 Å². The minimum Gasteiger partial charge on any atom is -0.304 e. The van der Waals surface area contributed by atoms with E-state index in [1.165, 1.54) is 24.3 Å². The zero-order valence-corrected chi connectivity index (χ0v) is 17.2. The zero-order valence-electron chi connectivity index (χ0n) is 17.2. The molecule has 0 radical (unpaired) electrons. The normalized spacial score (nSPS) is 15.1. The Morgan fingerprint density at radius 2 is 1.35 bits per heavy atom. The molecule has 8 heteroatoms. The first-order valence-electron chi connectivity index (χ1n) is 10.1. The Morgan fingerprint density at radius 3 is 1.84 bits per heavy atom. The first-order valence-corrected chi connectivity index (χ1v) is 10.1. The van der Waals surface area contributed by atoms with E-state index in [-0.39, 0.29) is 30.0 Å². The van der Waals surface area contributed by atoms with E-state index in [1.54, 1.807) is 30.3 Å². The van der Waals surface area contributed by atoms with E-state index in [0.717, 1.165) is 26.2 Å². The van der Waals surface area contributed by atoms with Gasteiger partial charge in [0.2, 0.25) is 11.9 Å². The van der Waals surface area contributed by atoms with Gasteiger partial charge >= 0.3 is 0 Å². The number of hydrogen-bond donors (Lipinski definition) is 1. The fraction of sp³-hybridized carbons (Fsp3) is 0.261. The number of rotatable bonds is 5. The molecule has 1 fully saturated rings. The third kappa shape index (κ3) is 5.48. The minimum absolute atomic E-state index is 0.153. The molecule has 160 valence electrons. The summed E-state index contributed by atoms with van der Waals surface area (Å²) >= 11 is 0. The number of carbonyl (C=O) groups excluding carboxylic acids is 1. The Labute approximate surface area is 179 Å². The number of benzene rings is 2. The molecular formula is C23H23F2N5O. The van der Waals surface area contributed by atoms with Gasteiger partial charge in [0.25, 0.3) is 0 Å². The average molecular weight is 423 g/mol. The summed E-state index contributed by atoms with van der Waals surface area (Å²) in [5.41, 5.74) is 2.43. The summed E-state index contributed by atoms with van der Waals surface area (Å²) in [6.45, 7) is 3.73. The van der Waals surface area contributed by atoms with E-state index in [2.05, 4.69) is 32.1 Å². The van der Waals surface area contributed by atoms with Crippen molar-refractivity contribution in [1.29, 1.82) is 0 Å². The van der Waals surface area contributed by atoms with E-state index >= 15 is 0 Å². The molecule has 1 saturated heterocycles. The van der Waals surface area contributed by atoms with Gasteiger partial charge in [0.1, 0.15) is 11.6 Å². The number of piperazine rings is 1. The molecule has 31 heavy (non-hydrogen) atoms. The van der Waals surface area contributed by atoms with E-state index < -0.39 is 0 Å². The van der Waals surface area contributed by atoms with Gasteiger partial charge in [-0.25, -0.2) is 18.7 Å². The summed E-state index contributed by atoms with van der Waals surface area (Å²) in [5, 5.41) is 2.78. The van der Waals surface area contributed by atoms with Gasteiger partial charge in [-0.2, -0.15) is 0 Å². The van der Waals surface area contributed by atoms with Crippen molar-refractivity contribution >= 4 is 11.9 Å². The van der Waals surface area contributed by atoms with Crippen LogP contribution in [0, 0.1) is 11.6 Å². The van der Waals surface area contributed by atoms with Gasteiger partial charge in [-0.05, 0) is 61.6 Å². The lowest BCUT2D eigenvalue weighted by Crippen LogP contribution is -2.47. The molecule has 0 spiro atoms. The molecule has 4 rings (SSSR count). The Balaban J connectivity index is 1.60. The Kier molecular flexibility index (Phi) is 6.29. The van der Waals surface area contributed by atoms with Gasteiger partial charge in [0.05, 0.1) is 17.9 Å². The third-order valence-corrected chi connectivity index (χ3v) is 5.22. The predicted molar refractivity (Wildman–Crippen MR) is 115 cm³/mol. The second-order valence-electron chi connectivity index (χ2n) is 7.60. The Bertz CT molecular complexity index is 985. The molecule has 2 heterocycles. The molecule has 0 saturated carbocycles. The predicted octanol–water partition coefficient (Wildman–Crippen LogP) is 3.27. The maximum absolute atomic E-state index is 13.3. The maximum Gasteiger partial charge on any atom is 0.240 e.